The molecule has 5 nitrogen and oxygen atoms in total. The van der Waals surface area contributed by atoms with E-state index < -0.39 is 11.6 Å². The molecular weight excluding hydrogens is 477 g/mol. The number of aromatic nitrogens is 2. The van der Waals surface area contributed by atoms with Gasteiger partial charge < -0.3 is 10.2 Å². The Balaban J connectivity index is 1.86. The van der Waals surface area contributed by atoms with Gasteiger partial charge in [0.05, 0.1) is 15.6 Å². The summed E-state index contributed by atoms with van der Waals surface area (Å²) in [4.78, 5) is 20.3. The van der Waals surface area contributed by atoms with Crippen molar-refractivity contribution in [1.82, 2.24) is 14.9 Å². The Hall–Kier alpha value is -1.87. The third kappa shape index (κ3) is 3.57. The van der Waals surface area contributed by atoms with Crippen molar-refractivity contribution < 1.29 is 8.78 Å². The van der Waals surface area contributed by atoms with E-state index in [0.29, 0.717) is 39.9 Å². The number of aryl methyl sites for hydroxylation is 1. The van der Waals surface area contributed by atoms with E-state index in [2.05, 4.69) is 22.1 Å². The van der Waals surface area contributed by atoms with Gasteiger partial charge in [0.2, 0.25) is 0 Å². The van der Waals surface area contributed by atoms with Crippen LogP contribution in [0.25, 0.3) is 22.0 Å². The molecule has 1 N–H and O–H groups in total. The summed E-state index contributed by atoms with van der Waals surface area (Å²) in [6, 6.07) is 3.90. The maximum atomic E-state index is 14.9. The summed E-state index contributed by atoms with van der Waals surface area (Å²) in [6.45, 7) is 4.84. The molecule has 1 saturated heterocycles. The Morgan fingerprint density at radius 3 is 2.75 bits per heavy atom. The fourth-order valence-electron chi connectivity index (χ4n) is 4.45. The van der Waals surface area contributed by atoms with Crippen molar-refractivity contribution in [1.29, 1.82) is 0 Å². The molecule has 5 rings (SSSR count). The van der Waals surface area contributed by atoms with Crippen LogP contribution in [-0.4, -0.2) is 41.0 Å². The van der Waals surface area contributed by atoms with Gasteiger partial charge in [-0.25, -0.2) is 13.6 Å². The maximum Gasteiger partial charge on any atom is 0.350 e. The number of hydrogen-bond donors (Lipinski definition) is 1. The van der Waals surface area contributed by atoms with Gasteiger partial charge in [-0.15, -0.1) is 11.8 Å². The van der Waals surface area contributed by atoms with E-state index in [-0.39, 0.29) is 22.3 Å². The second-order valence-corrected chi connectivity index (χ2v) is 9.94. The SMILES string of the molecule is CC1CNCCN1c1nc(=O)n2c3c(c(-c4cc(Cl)c(F)cc4F)c(Cl)cc13)SCCC2. The molecule has 10 heteroatoms. The number of nitrogens with one attached hydrogen (secondary N) is 1. The lowest BCUT2D eigenvalue weighted by molar-refractivity contribution is 0.496. The summed E-state index contributed by atoms with van der Waals surface area (Å²) >= 11 is 14.2. The zero-order valence-electron chi connectivity index (χ0n) is 17.2. The van der Waals surface area contributed by atoms with E-state index in [1.807, 2.05) is 0 Å². The Kier molecular flexibility index (Phi) is 5.82. The Labute approximate surface area is 197 Å². The second kappa shape index (κ2) is 8.48. The minimum absolute atomic E-state index is 0.112. The molecule has 0 spiro atoms. The number of thioether (sulfide) groups is 1. The first-order valence-electron chi connectivity index (χ1n) is 10.4. The van der Waals surface area contributed by atoms with Gasteiger partial charge in [0.1, 0.15) is 17.5 Å². The lowest BCUT2D eigenvalue weighted by Gasteiger charge is -2.35. The van der Waals surface area contributed by atoms with E-state index in [1.165, 1.54) is 17.8 Å². The standard InChI is InChI=1S/C22H20Cl2F2N4OS/c1-11-10-27-3-5-29(11)21-13-8-15(24)18(12-7-14(23)17(26)9-16(12)25)20-19(13)30(22(31)28-21)4-2-6-32-20/h7-9,11,27H,2-6,10H2,1H3. The summed E-state index contributed by atoms with van der Waals surface area (Å²) in [5.74, 6) is -0.280. The topological polar surface area (TPSA) is 50.2 Å². The molecule has 3 heterocycles. The Bertz CT molecular complexity index is 1300. The van der Waals surface area contributed by atoms with Gasteiger partial charge in [-0.3, -0.25) is 4.57 Å². The highest BCUT2D eigenvalue weighted by Gasteiger charge is 2.28. The lowest BCUT2D eigenvalue weighted by atomic mass is 10.0. The van der Waals surface area contributed by atoms with E-state index in [1.54, 1.807) is 10.6 Å². The van der Waals surface area contributed by atoms with Crippen LogP contribution in [0.1, 0.15) is 13.3 Å². The number of anilines is 1. The van der Waals surface area contributed by atoms with Crippen molar-refractivity contribution >= 4 is 51.7 Å². The average Bonchev–Trinajstić information content (AvgIpc) is 2.98. The molecule has 2 aromatic carbocycles. The van der Waals surface area contributed by atoms with Gasteiger partial charge in [0, 0.05) is 59.7 Å². The first-order chi connectivity index (χ1) is 15.4. The molecule has 0 bridgehead atoms. The van der Waals surface area contributed by atoms with Gasteiger partial charge >= 0.3 is 5.69 Å². The van der Waals surface area contributed by atoms with Gasteiger partial charge in [0.25, 0.3) is 0 Å². The van der Waals surface area contributed by atoms with E-state index in [0.717, 1.165) is 36.7 Å². The normalized spacial score (nSPS) is 18.8. The molecule has 1 unspecified atom stereocenters. The predicted molar refractivity (Wildman–Crippen MR) is 126 cm³/mol. The van der Waals surface area contributed by atoms with Crippen LogP contribution in [0.15, 0.2) is 27.9 Å². The summed E-state index contributed by atoms with van der Waals surface area (Å²) < 4.78 is 30.3. The number of benzene rings is 2. The average molecular weight is 497 g/mol. The largest absolute Gasteiger partial charge is 0.351 e. The number of rotatable bonds is 2. The van der Waals surface area contributed by atoms with Crippen LogP contribution in [0.3, 0.4) is 0 Å². The minimum Gasteiger partial charge on any atom is -0.351 e. The fourth-order valence-corrected chi connectivity index (χ4v) is 6.17. The van der Waals surface area contributed by atoms with E-state index in [4.69, 9.17) is 23.2 Å². The van der Waals surface area contributed by atoms with Gasteiger partial charge in [0.15, 0.2) is 0 Å². The van der Waals surface area contributed by atoms with Crippen LogP contribution in [0.2, 0.25) is 10.0 Å². The van der Waals surface area contributed by atoms with Crippen LogP contribution < -0.4 is 15.9 Å². The fraction of sp³-hybridized carbons (Fsp3) is 0.364. The zero-order chi connectivity index (χ0) is 22.6. The van der Waals surface area contributed by atoms with Gasteiger partial charge in [-0.2, -0.15) is 4.98 Å². The molecule has 32 heavy (non-hydrogen) atoms. The smallest absolute Gasteiger partial charge is 0.350 e. The molecule has 2 aliphatic heterocycles. The first-order valence-corrected chi connectivity index (χ1v) is 12.1. The monoisotopic (exact) mass is 496 g/mol. The molecule has 1 aromatic heterocycles. The summed E-state index contributed by atoms with van der Waals surface area (Å²) in [6.07, 6.45) is 0.753. The van der Waals surface area contributed by atoms with Crippen molar-refractivity contribution in [3.8, 4) is 11.1 Å². The second-order valence-electron chi connectivity index (χ2n) is 8.02. The van der Waals surface area contributed by atoms with Crippen LogP contribution in [0.4, 0.5) is 14.6 Å². The molecule has 0 radical (unpaired) electrons. The number of nitrogens with zero attached hydrogens (tertiary/aromatic N) is 3. The van der Waals surface area contributed by atoms with Crippen molar-refractivity contribution in [2.45, 2.75) is 30.8 Å². The molecule has 3 aromatic rings. The summed E-state index contributed by atoms with van der Waals surface area (Å²) in [5.41, 5.74) is 0.880. The van der Waals surface area contributed by atoms with Crippen LogP contribution in [0, 0.1) is 11.6 Å². The van der Waals surface area contributed by atoms with Crippen LogP contribution >= 0.6 is 35.0 Å². The number of halogens is 4. The minimum atomic E-state index is -0.834. The van der Waals surface area contributed by atoms with Crippen molar-refractivity contribution in [2.75, 3.05) is 30.3 Å². The third-order valence-electron chi connectivity index (χ3n) is 5.98. The Morgan fingerprint density at radius 2 is 1.97 bits per heavy atom. The van der Waals surface area contributed by atoms with Gasteiger partial charge in [-0.05, 0) is 31.2 Å². The van der Waals surface area contributed by atoms with E-state index in [9.17, 15) is 13.6 Å². The van der Waals surface area contributed by atoms with Gasteiger partial charge in [-0.1, -0.05) is 23.2 Å². The predicted octanol–water partition coefficient (Wildman–Crippen LogP) is 4.94. The molecule has 0 aliphatic carbocycles. The number of hydrogen-bond acceptors (Lipinski definition) is 5. The molecule has 1 atom stereocenters. The highest BCUT2D eigenvalue weighted by molar-refractivity contribution is 7.99. The molecule has 0 saturated carbocycles. The molecule has 1 fully saturated rings. The van der Waals surface area contributed by atoms with E-state index >= 15 is 0 Å². The van der Waals surface area contributed by atoms with Crippen molar-refractivity contribution in [2.24, 2.45) is 0 Å². The summed E-state index contributed by atoms with van der Waals surface area (Å²) in [5, 5.41) is 4.21. The van der Waals surface area contributed by atoms with Crippen molar-refractivity contribution in [3.05, 3.63) is 50.4 Å². The molecule has 168 valence electrons. The highest BCUT2D eigenvalue weighted by Crippen LogP contribution is 2.46. The first kappa shape index (κ1) is 21.9. The molecule has 0 amide bonds. The van der Waals surface area contributed by atoms with Crippen molar-refractivity contribution in [3.63, 3.8) is 0 Å². The number of piperazine rings is 1. The lowest BCUT2D eigenvalue weighted by Crippen LogP contribution is -2.50. The molecule has 2 aliphatic rings. The van der Waals surface area contributed by atoms with Crippen LogP contribution in [-0.2, 0) is 6.54 Å². The third-order valence-corrected chi connectivity index (χ3v) is 7.74. The highest BCUT2D eigenvalue weighted by atomic mass is 35.5. The maximum absolute atomic E-state index is 14.9. The quantitative estimate of drug-likeness (QED) is 0.509. The Morgan fingerprint density at radius 1 is 1.16 bits per heavy atom. The van der Waals surface area contributed by atoms with Crippen LogP contribution in [0.5, 0.6) is 0 Å². The zero-order valence-corrected chi connectivity index (χ0v) is 19.6. The summed E-state index contributed by atoms with van der Waals surface area (Å²) in [7, 11) is 0. The molecular formula is C22H20Cl2F2N4OS.